The predicted molar refractivity (Wildman–Crippen MR) is 121 cm³/mol. The predicted octanol–water partition coefficient (Wildman–Crippen LogP) is 3.84. The smallest absolute Gasteiger partial charge is 0.264 e. The Hall–Kier alpha value is -2.12. The Balaban J connectivity index is 1.86. The van der Waals surface area contributed by atoms with Crippen molar-refractivity contribution in [2.75, 3.05) is 12.0 Å². The molecule has 1 aliphatic rings. The van der Waals surface area contributed by atoms with E-state index in [1.807, 2.05) is 24.6 Å². The highest BCUT2D eigenvalue weighted by molar-refractivity contribution is 8.00. The fourth-order valence-electron chi connectivity index (χ4n) is 3.86. The summed E-state index contributed by atoms with van der Waals surface area (Å²) in [5.41, 5.74) is 4.72. The number of sulfonamides is 1. The highest BCUT2D eigenvalue weighted by Gasteiger charge is 2.37. The first kappa shape index (κ1) is 22.6. The Labute approximate surface area is 182 Å². The maximum Gasteiger partial charge on any atom is 0.264 e. The van der Waals surface area contributed by atoms with E-state index >= 15 is 0 Å². The molecule has 1 amide bonds. The maximum atomic E-state index is 12.5. The van der Waals surface area contributed by atoms with Crippen LogP contribution in [0.5, 0.6) is 0 Å². The van der Waals surface area contributed by atoms with Gasteiger partial charge in [0.15, 0.2) is 0 Å². The van der Waals surface area contributed by atoms with E-state index in [9.17, 15) is 18.0 Å². The molecule has 2 aromatic carbocycles. The fraction of sp³-hybridized carbons (Fsp3) is 0.391. The molecule has 3 rings (SSSR count). The van der Waals surface area contributed by atoms with E-state index in [1.165, 1.54) is 11.1 Å². The van der Waals surface area contributed by atoms with Crippen LogP contribution in [0.4, 0.5) is 0 Å². The van der Waals surface area contributed by atoms with Crippen molar-refractivity contribution in [3.05, 3.63) is 70.3 Å². The van der Waals surface area contributed by atoms with E-state index in [1.54, 1.807) is 23.9 Å². The monoisotopic (exact) mass is 445 g/mol. The summed E-state index contributed by atoms with van der Waals surface area (Å²) in [5.74, 6) is 0.259. The Kier molecular flexibility index (Phi) is 6.72. The van der Waals surface area contributed by atoms with Gasteiger partial charge in [-0.1, -0.05) is 42.8 Å². The van der Waals surface area contributed by atoms with Gasteiger partial charge in [0.1, 0.15) is 5.78 Å². The number of nitrogens with one attached hydrogen (secondary N) is 1. The van der Waals surface area contributed by atoms with Gasteiger partial charge in [-0.25, -0.2) is 13.1 Å². The standard InChI is InChI=1S/C23H27NO4S2/c1-14-5-7-17(8-6-14)22-20(16(3)21(25)13-29-22)12-18-9-10-19(11-15(18)2)23(26)24-30(4,27)28/h5-11,16,20,22H,12-13H2,1-4H3,(H,24,26). The van der Waals surface area contributed by atoms with Gasteiger partial charge >= 0.3 is 0 Å². The SMILES string of the molecule is Cc1ccc(C2SCC(=O)C(C)C2Cc2ccc(C(=O)NS(C)(=O)=O)cc2C)cc1. The van der Waals surface area contributed by atoms with Crippen LogP contribution in [-0.4, -0.2) is 32.1 Å². The molecule has 160 valence electrons. The number of hydrogen-bond donors (Lipinski definition) is 1. The number of benzene rings is 2. The van der Waals surface area contributed by atoms with Crippen LogP contribution in [0.1, 0.15) is 44.8 Å². The van der Waals surface area contributed by atoms with Gasteiger partial charge in [-0.05, 0) is 55.0 Å². The molecule has 5 nitrogen and oxygen atoms in total. The summed E-state index contributed by atoms with van der Waals surface area (Å²) in [4.78, 5) is 24.6. The molecule has 0 aliphatic carbocycles. The summed E-state index contributed by atoms with van der Waals surface area (Å²) in [6, 6.07) is 13.7. The summed E-state index contributed by atoms with van der Waals surface area (Å²) in [7, 11) is -3.61. The minimum absolute atomic E-state index is 0.0508. The van der Waals surface area contributed by atoms with Crippen molar-refractivity contribution in [3.8, 4) is 0 Å². The molecule has 0 radical (unpaired) electrons. The molecule has 2 aromatic rings. The zero-order chi connectivity index (χ0) is 22.1. The van der Waals surface area contributed by atoms with Crippen LogP contribution in [0.2, 0.25) is 0 Å². The molecule has 1 N–H and O–H groups in total. The van der Waals surface area contributed by atoms with Gasteiger partial charge in [-0.15, -0.1) is 11.8 Å². The number of aryl methyl sites for hydroxylation is 2. The van der Waals surface area contributed by atoms with E-state index in [4.69, 9.17) is 0 Å². The fourth-order valence-corrected chi connectivity index (χ4v) is 5.85. The van der Waals surface area contributed by atoms with Gasteiger partial charge in [-0.2, -0.15) is 0 Å². The number of rotatable bonds is 5. The first-order valence-electron chi connectivity index (χ1n) is 9.87. The highest BCUT2D eigenvalue weighted by atomic mass is 32.2. The molecule has 1 fully saturated rings. The number of hydrogen-bond acceptors (Lipinski definition) is 5. The molecule has 0 saturated carbocycles. The van der Waals surface area contributed by atoms with Gasteiger partial charge in [-0.3, -0.25) is 9.59 Å². The van der Waals surface area contributed by atoms with Gasteiger partial charge in [0.25, 0.3) is 5.91 Å². The quantitative estimate of drug-likeness (QED) is 0.756. The van der Waals surface area contributed by atoms with E-state index < -0.39 is 15.9 Å². The van der Waals surface area contributed by atoms with Crippen molar-refractivity contribution >= 4 is 33.5 Å². The van der Waals surface area contributed by atoms with Gasteiger partial charge in [0.05, 0.1) is 12.0 Å². The Morgan fingerprint density at radius 1 is 1.13 bits per heavy atom. The number of thioether (sulfide) groups is 1. The van der Waals surface area contributed by atoms with Crippen molar-refractivity contribution in [3.63, 3.8) is 0 Å². The van der Waals surface area contributed by atoms with Gasteiger partial charge in [0.2, 0.25) is 10.0 Å². The minimum Gasteiger partial charge on any atom is -0.298 e. The van der Waals surface area contributed by atoms with Crippen LogP contribution in [-0.2, 0) is 21.2 Å². The van der Waals surface area contributed by atoms with Crippen LogP contribution >= 0.6 is 11.8 Å². The zero-order valence-electron chi connectivity index (χ0n) is 17.6. The number of carbonyl (C=O) groups excluding carboxylic acids is 2. The highest BCUT2D eigenvalue weighted by Crippen LogP contribution is 2.46. The molecule has 7 heteroatoms. The van der Waals surface area contributed by atoms with Crippen LogP contribution in [0.25, 0.3) is 0 Å². The minimum atomic E-state index is -3.61. The van der Waals surface area contributed by atoms with Gasteiger partial charge in [0, 0.05) is 16.7 Å². The largest absolute Gasteiger partial charge is 0.298 e. The lowest BCUT2D eigenvalue weighted by molar-refractivity contribution is -0.121. The second-order valence-corrected chi connectivity index (χ2v) is 11.0. The Morgan fingerprint density at radius 2 is 1.80 bits per heavy atom. The summed E-state index contributed by atoms with van der Waals surface area (Å²) >= 11 is 1.70. The van der Waals surface area contributed by atoms with Crippen LogP contribution in [0.15, 0.2) is 42.5 Å². The number of carbonyl (C=O) groups is 2. The summed E-state index contributed by atoms with van der Waals surface area (Å²) in [6.07, 6.45) is 1.68. The Bertz CT molecular complexity index is 1060. The summed E-state index contributed by atoms with van der Waals surface area (Å²) < 4.78 is 24.6. The molecule has 1 saturated heterocycles. The summed E-state index contributed by atoms with van der Waals surface area (Å²) in [6.45, 7) is 5.99. The third kappa shape index (κ3) is 5.32. The molecule has 30 heavy (non-hydrogen) atoms. The van der Waals surface area contributed by atoms with Crippen molar-refractivity contribution in [2.45, 2.75) is 32.4 Å². The van der Waals surface area contributed by atoms with Gasteiger partial charge < -0.3 is 0 Å². The van der Waals surface area contributed by atoms with E-state index in [2.05, 4.69) is 31.2 Å². The summed E-state index contributed by atoms with van der Waals surface area (Å²) in [5, 5.41) is 0.228. The zero-order valence-corrected chi connectivity index (χ0v) is 19.3. The number of amides is 1. The van der Waals surface area contributed by atoms with E-state index in [0.717, 1.165) is 23.8 Å². The van der Waals surface area contributed by atoms with Crippen LogP contribution in [0, 0.1) is 25.7 Å². The molecule has 1 aliphatic heterocycles. The molecule has 0 bridgehead atoms. The topological polar surface area (TPSA) is 80.3 Å². The van der Waals surface area contributed by atoms with E-state index in [-0.39, 0.29) is 22.9 Å². The molecule has 1 heterocycles. The third-order valence-electron chi connectivity index (χ3n) is 5.69. The number of Topliss-reactive ketones (excluding diaryl/α,β-unsaturated/α-hetero) is 1. The van der Waals surface area contributed by atoms with Crippen molar-refractivity contribution in [1.82, 2.24) is 4.72 Å². The van der Waals surface area contributed by atoms with Crippen molar-refractivity contribution in [2.24, 2.45) is 11.8 Å². The average Bonchev–Trinajstić information content (AvgIpc) is 2.66. The maximum absolute atomic E-state index is 12.5. The first-order valence-corrected chi connectivity index (χ1v) is 12.8. The lowest BCUT2D eigenvalue weighted by Crippen LogP contribution is -2.33. The van der Waals surface area contributed by atoms with Crippen LogP contribution < -0.4 is 4.72 Å². The third-order valence-corrected chi connectivity index (χ3v) is 7.68. The Morgan fingerprint density at radius 3 is 2.40 bits per heavy atom. The lowest BCUT2D eigenvalue weighted by Gasteiger charge is -2.36. The van der Waals surface area contributed by atoms with Crippen molar-refractivity contribution < 1.29 is 18.0 Å². The lowest BCUT2D eigenvalue weighted by atomic mass is 9.79. The number of ketones is 1. The second kappa shape index (κ2) is 8.94. The molecular formula is C23H27NO4S2. The van der Waals surface area contributed by atoms with E-state index in [0.29, 0.717) is 11.3 Å². The molecule has 3 atom stereocenters. The molecular weight excluding hydrogens is 418 g/mol. The molecule has 0 spiro atoms. The molecule has 3 unspecified atom stereocenters. The average molecular weight is 446 g/mol. The van der Waals surface area contributed by atoms with Crippen LogP contribution in [0.3, 0.4) is 0 Å². The molecule has 0 aromatic heterocycles. The second-order valence-electron chi connectivity index (χ2n) is 8.11. The first-order chi connectivity index (χ1) is 14.0. The van der Waals surface area contributed by atoms with Crippen molar-refractivity contribution in [1.29, 1.82) is 0 Å². The normalized spacial score (nSPS) is 22.0.